The van der Waals surface area contributed by atoms with E-state index in [4.69, 9.17) is 4.55 Å². The molecule has 0 saturated heterocycles. The van der Waals surface area contributed by atoms with Gasteiger partial charge in [0.1, 0.15) is 0 Å². The minimum Gasteiger partial charge on any atom is -0.281 e. The number of hydrogen-bond acceptors (Lipinski definition) is 3. The molecule has 17 heavy (non-hydrogen) atoms. The van der Waals surface area contributed by atoms with Crippen LogP contribution >= 0.6 is 0 Å². The minimum atomic E-state index is -6.85. The molecule has 0 unspecified atom stereocenters. The van der Waals surface area contributed by atoms with Gasteiger partial charge >= 0.3 is 34.0 Å². The average Bonchev–Trinajstić information content (AvgIpc) is 1.98. The molecule has 0 heterocycles. The summed E-state index contributed by atoms with van der Waals surface area (Å²) < 4.78 is 124. The molecule has 1 radical (unpaired) electrons. The summed E-state index contributed by atoms with van der Waals surface area (Å²) in [5, 5.41) is -6.53. The van der Waals surface area contributed by atoms with Gasteiger partial charge in [-0.05, 0) is 0 Å². The molecular weight excluding hydrogens is 296 g/mol. The van der Waals surface area contributed by atoms with Crippen LogP contribution in [0, 0.1) is 6.43 Å². The summed E-state index contributed by atoms with van der Waals surface area (Å²) in [6, 6.07) is 0. The van der Waals surface area contributed by atoms with Crippen LogP contribution in [0.1, 0.15) is 0 Å². The summed E-state index contributed by atoms with van der Waals surface area (Å²) in [7, 11) is -6.85. The Balaban J connectivity index is 5.32. The average molecular weight is 297 g/mol. The Labute approximate surface area is 87.9 Å². The fourth-order valence-corrected chi connectivity index (χ4v) is 0.751. The standard InChI is InChI=1S/C4HF8O4S/c5-1(6)2(7,8)16-3(9,10)4(11,12)17(13,14)15/h(H,13,14,15). The van der Waals surface area contributed by atoms with E-state index >= 15 is 0 Å². The lowest BCUT2D eigenvalue weighted by Crippen LogP contribution is -2.52. The van der Waals surface area contributed by atoms with Gasteiger partial charge in [-0.1, -0.05) is 0 Å². The van der Waals surface area contributed by atoms with Crippen LogP contribution in [-0.4, -0.2) is 30.4 Å². The van der Waals surface area contributed by atoms with E-state index in [1.807, 2.05) is 0 Å². The Morgan fingerprint density at radius 1 is 1.00 bits per heavy atom. The van der Waals surface area contributed by atoms with Crippen molar-refractivity contribution in [1.82, 2.24) is 0 Å². The number of ether oxygens (including phenoxy) is 1. The summed E-state index contributed by atoms with van der Waals surface area (Å²) in [5.74, 6) is 0. The van der Waals surface area contributed by atoms with E-state index in [1.54, 1.807) is 4.74 Å². The van der Waals surface area contributed by atoms with Crippen molar-refractivity contribution in [3.8, 4) is 0 Å². The predicted octanol–water partition coefficient (Wildman–Crippen LogP) is 2.10. The maximum absolute atomic E-state index is 12.2. The van der Waals surface area contributed by atoms with Gasteiger partial charge in [-0.15, -0.1) is 0 Å². The molecule has 0 aliphatic carbocycles. The zero-order chi connectivity index (χ0) is 14.3. The van der Waals surface area contributed by atoms with Gasteiger partial charge in [0.25, 0.3) is 0 Å². The van der Waals surface area contributed by atoms with Gasteiger partial charge in [0.05, 0.1) is 0 Å². The van der Waals surface area contributed by atoms with Gasteiger partial charge in [-0.2, -0.15) is 43.5 Å². The van der Waals surface area contributed by atoms with Crippen LogP contribution in [-0.2, 0) is 14.9 Å². The van der Waals surface area contributed by atoms with Gasteiger partial charge in [0, 0.05) is 0 Å². The van der Waals surface area contributed by atoms with Crippen molar-refractivity contribution in [3.63, 3.8) is 0 Å². The van der Waals surface area contributed by atoms with E-state index in [1.165, 1.54) is 0 Å². The Morgan fingerprint density at radius 3 is 1.59 bits per heavy atom. The largest absolute Gasteiger partial charge is 0.460 e. The van der Waals surface area contributed by atoms with E-state index in [9.17, 15) is 43.5 Å². The molecule has 4 nitrogen and oxygen atoms in total. The first-order valence-electron chi connectivity index (χ1n) is 3.14. The SMILES string of the molecule is O=S(=O)(O)C(F)(F)C(F)(F)OC(F)(F)[C](F)F. The molecule has 0 amide bonds. The van der Waals surface area contributed by atoms with Crippen LogP contribution in [0.4, 0.5) is 35.1 Å². The van der Waals surface area contributed by atoms with Crippen molar-refractivity contribution in [2.24, 2.45) is 0 Å². The molecule has 0 fully saturated rings. The van der Waals surface area contributed by atoms with Gasteiger partial charge in [0.2, 0.25) is 0 Å². The van der Waals surface area contributed by atoms with Crippen LogP contribution in [0.3, 0.4) is 0 Å². The van der Waals surface area contributed by atoms with Gasteiger partial charge in [0.15, 0.2) is 0 Å². The van der Waals surface area contributed by atoms with Crippen LogP contribution in [0.5, 0.6) is 0 Å². The molecule has 0 aliphatic heterocycles. The van der Waals surface area contributed by atoms with Crippen LogP contribution in [0.15, 0.2) is 0 Å². The molecule has 0 rings (SSSR count). The molecule has 0 bridgehead atoms. The first-order chi connectivity index (χ1) is 7.15. The van der Waals surface area contributed by atoms with Crippen molar-refractivity contribution in [2.75, 3.05) is 0 Å². The first-order valence-corrected chi connectivity index (χ1v) is 4.58. The predicted molar refractivity (Wildman–Crippen MR) is 32.9 cm³/mol. The first kappa shape index (κ1) is 16.3. The normalized spacial score (nSPS) is 15.4. The zero-order valence-corrected chi connectivity index (χ0v) is 7.92. The molecule has 0 spiro atoms. The number of alkyl halides is 6. The van der Waals surface area contributed by atoms with Crippen molar-refractivity contribution in [2.45, 2.75) is 17.5 Å². The molecule has 0 atom stereocenters. The van der Waals surface area contributed by atoms with Crippen LogP contribution in [0.2, 0.25) is 0 Å². The van der Waals surface area contributed by atoms with Gasteiger partial charge in [-0.25, -0.2) is 4.74 Å². The molecular formula is C4HF8O4S. The van der Waals surface area contributed by atoms with Crippen molar-refractivity contribution >= 4 is 10.1 Å². The second-order valence-corrected chi connectivity index (χ2v) is 3.85. The second-order valence-electron chi connectivity index (χ2n) is 2.39. The molecule has 0 saturated carbocycles. The summed E-state index contributed by atoms with van der Waals surface area (Å²) in [6.45, 7) is 0. The van der Waals surface area contributed by atoms with Crippen molar-refractivity contribution in [3.05, 3.63) is 6.43 Å². The molecule has 0 aromatic carbocycles. The van der Waals surface area contributed by atoms with E-state index < -0.39 is 34.0 Å². The Morgan fingerprint density at radius 2 is 1.35 bits per heavy atom. The van der Waals surface area contributed by atoms with E-state index in [0.29, 0.717) is 0 Å². The van der Waals surface area contributed by atoms with E-state index in [2.05, 4.69) is 0 Å². The molecule has 0 aromatic rings. The van der Waals surface area contributed by atoms with Crippen molar-refractivity contribution < 1.29 is 52.8 Å². The van der Waals surface area contributed by atoms with E-state index in [-0.39, 0.29) is 0 Å². The highest BCUT2D eigenvalue weighted by Gasteiger charge is 2.71. The summed E-state index contributed by atoms with van der Waals surface area (Å²) in [4.78, 5) is 0. The van der Waals surface area contributed by atoms with E-state index in [0.717, 1.165) is 0 Å². The highest BCUT2D eigenvalue weighted by Crippen LogP contribution is 2.45. The van der Waals surface area contributed by atoms with Gasteiger partial charge < -0.3 is 0 Å². The third-order valence-corrected chi connectivity index (χ3v) is 2.02. The molecule has 0 aromatic heterocycles. The summed E-state index contributed by atoms with van der Waals surface area (Å²) in [5.41, 5.74) is 0. The molecule has 13 heteroatoms. The Bertz CT molecular complexity index is 375. The quantitative estimate of drug-likeness (QED) is 0.623. The topological polar surface area (TPSA) is 63.6 Å². The van der Waals surface area contributed by atoms with Crippen molar-refractivity contribution in [1.29, 1.82) is 0 Å². The Hall–Kier alpha value is -0.690. The summed E-state index contributed by atoms with van der Waals surface area (Å²) in [6.07, 6.45) is -16.8. The smallest absolute Gasteiger partial charge is 0.281 e. The fraction of sp³-hybridized carbons (Fsp3) is 0.750. The lowest BCUT2D eigenvalue weighted by atomic mass is 10.6. The second kappa shape index (κ2) is 4.20. The van der Waals surface area contributed by atoms with Gasteiger partial charge in [-0.3, -0.25) is 4.55 Å². The fourth-order valence-electron chi connectivity index (χ4n) is 0.409. The maximum Gasteiger partial charge on any atom is 0.460 e. The Kier molecular flexibility index (Phi) is 4.03. The third kappa shape index (κ3) is 3.16. The molecule has 0 aliphatic rings. The number of rotatable bonds is 5. The lowest BCUT2D eigenvalue weighted by molar-refractivity contribution is -0.419. The zero-order valence-electron chi connectivity index (χ0n) is 7.10. The van der Waals surface area contributed by atoms with Crippen LogP contribution in [0.25, 0.3) is 0 Å². The highest BCUT2D eigenvalue weighted by molar-refractivity contribution is 7.86. The number of halogens is 8. The van der Waals surface area contributed by atoms with Crippen LogP contribution < -0.4 is 0 Å². The summed E-state index contributed by atoms with van der Waals surface area (Å²) >= 11 is 0. The molecule has 1 N–H and O–H groups in total. The third-order valence-electron chi connectivity index (χ3n) is 1.14. The molecule has 103 valence electrons. The maximum atomic E-state index is 12.2. The number of hydrogen-bond donors (Lipinski definition) is 1. The monoisotopic (exact) mass is 297 g/mol. The lowest BCUT2D eigenvalue weighted by Gasteiger charge is -2.26. The minimum absolute atomic E-state index is 1.74. The highest BCUT2D eigenvalue weighted by atomic mass is 32.2.